The van der Waals surface area contributed by atoms with E-state index >= 15 is 0 Å². The highest BCUT2D eigenvalue weighted by molar-refractivity contribution is 6.30. The zero-order chi connectivity index (χ0) is 10.8. The largest absolute Gasteiger partial charge is 0.384 e. The van der Waals surface area contributed by atoms with Crippen LogP contribution in [-0.2, 0) is 0 Å². The first kappa shape index (κ1) is 10.8. The monoisotopic (exact) mass is 223 g/mol. The van der Waals surface area contributed by atoms with Gasteiger partial charge in [-0.2, -0.15) is 0 Å². The minimum absolute atomic E-state index is 0.647. The fourth-order valence-corrected chi connectivity index (χ4v) is 2.79. The van der Waals surface area contributed by atoms with Gasteiger partial charge in [0, 0.05) is 23.2 Å². The van der Waals surface area contributed by atoms with Crippen LogP contribution in [0.1, 0.15) is 38.2 Å². The standard InChI is InChI=1S/C13H18ClN/c1-3-9(4-2)12-8-15-13-6-5-10(14)7-11(12)13/h5-7,9,12,15H,3-4,8H2,1-2H3. The Morgan fingerprint density at radius 1 is 1.40 bits per heavy atom. The molecule has 1 heterocycles. The lowest BCUT2D eigenvalue weighted by atomic mass is 9.84. The smallest absolute Gasteiger partial charge is 0.0410 e. The molecule has 82 valence electrons. The van der Waals surface area contributed by atoms with Crippen LogP contribution in [0, 0.1) is 5.92 Å². The van der Waals surface area contributed by atoms with Crippen molar-refractivity contribution in [1.82, 2.24) is 0 Å². The molecule has 1 aromatic carbocycles. The van der Waals surface area contributed by atoms with Crippen molar-refractivity contribution >= 4 is 17.3 Å². The molecule has 2 rings (SSSR count). The summed E-state index contributed by atoms with van der Waals surface area (Å²) in [7, 11) is 0. The first-order valence-corrected chi connectivity index (χ1v) is 6.17. The zero-order valence-electron chi connectivity index (χ0n) is 9.39. The van der Waals surface area contributed by atoms with E-state index in [4.69, 9.17) is 11.6 Å². The minimum atomic E-state index is 0.647. The Balaban J connectivity index is 2.30. The van der Waals surface area contributed by atoms with Crippen molar-refractivity contribution in [3.05, 3.63) is 28.8 Å². The van der Waals surface area contributed by atoms with Crippen molar-refractivity contribution in [3.8, 4) is 0 Å². The Kier molecular flexibility index (Phi) is 3.20. The van der Waals surface area contributed by atoms with Crippen molar-refractivity contribution in [2.45, 2.75) is 32.6 Å². The lowest BCUT2D eigenvalue weighted by Crippen LogP contribution is -2.13. The van der Waals surface area contributed by atoms with Crippen molar-refractivity contribution in [2.75, 3.05) is 11.9 Å². The van der Waals surface area contributed by atoms with E-state index in [1.165, 1.54) is 24.1 Å². The van der Waals surface area contributed by atoms with Crippen LogP contribution in [0.4, 0.5) is 5.69 Å². The molecule has 1 atom stereocenters. The summed E-state index contributed by atoms with van der Waals surface area (Å²) in [5.74, 6) is 1.42. The quantitative estimate of drug-likeness (QED) is 0.807. The Morgan fingerprint density at radius 3 is 2.80 bits per heavy atom. The number of nitrogens with one attached hydrogen (secondary N) is 1. The van der Waals surface area contributed by atoms with E-state index in [9.17, 15) is 0 Å². The summed E-state index contributed by atoms with van der Waals surface area (Å²) in [4.78, 5) is 0. The van der Waals surface area contributed by atoms with E-state index in [-0.39, 0.29) is 0 Å². The van der Waals surface area contributed by atoms with Gasteiger partial charge in [0.2, 0.25) is 0 Å². The molecule has 0 spiro atoms. The van der Waals surface area contributed by atoms with E-state index in [2.05, 4.69) is 31.3 Å². The number of hydrogen-bond donors (Lipinski definition) is 1. The van der Waals surface area contributed by atoms with Crippen LogP contribution in [0.15, 0.2) is 18.2 Å². The van der Waals surface area contributed by atoms with Crippen LogP contribution in [0.2, 0.25) is 5.02 Å². The Morgan fingerprint density at radius 2 is 2.13 bits per heavy atom. The SMILES string of the molecule is CCC(CC)C1CNc2ccc(Cl)cc21. The van der Waals surface area contributed by atoms with E-state index < -0.39 is 0 Å². The average molecular weight is 224 g/mol. The van der Waals surface area contributed by atoms with Gasteiger partial charge in [-0.3, -0.25) is 0 Å². The first-order chi connectivity index (χ1) is 7.26. The Labute approximate surface area is 96.8 Å². The van der Waals surface area contributed by atoms with Crippen molar-refractivity contribution in [2.24, 2.45) is 5.92 Å². The summed E-state index contributed by atoms with van der Waals surface area (Å²) in [6.45, 7) is 5.62. The van der Waals surface area contributed by atoms with Crippen LogP contribution in [-0.4, -0.2) is 6.54 Å². The molecule has 0 saturated carbocycles. The number of fused-ring (bicyclic) bond motifs is 1. The number of hydrogen-bond acceptors (Lipinski definition) is 1. The minimum Gasteiger partial charge on any atom is -0.384 e. The van der Waals surface area contributed by atoms with Gasteiger partial charge < -0.3 is 5.32 Å². The molecule has 0 aromatic heterocycles. The number of rotatable bonds is 3. The maximum absolute atomic E-state index is 6.05. The first-order valence-electron chi connectivity index (χ1n) is 5.79. The fourth-order valence-electron chi connectivity index (χ4n) is 2.61. The number of halogens is 1. The van der Waals surface area contributed by atoms with E-state index in [1.54, 1.807) is 0 Å². The van der Waals surface area contributed by atoms with Gasteiger partial charge in [0.25, 0.3) is 0 Å². The second-order valence-electron chi connectivity index (χ2n) is 4.30. The molecule has 0 amide bonds. The molecule has 1 aromatic rings. The summed E-state index contributed by atoms with van der Waals surface area (Å²) in [5, 5.41) is 4.32. The van der Waals surface area contributed by atoms with Crippen molar-refractivity contribution in [3.63, 3.8) is 0 Å². The van der Waals surface area contributed by atoms with Gasteiger partial charge in [0.15, 0.2) is 0 Å². The van der Waals surface area contributed by atoms with Gasteiger partial charge in [-0.15, -0.1) is 0 Å². The number of benzene rings is 1. The summed E-state index contributed by atoms with van der Waals surface area (Å²) in [6, 6.07) is 6.18. The van der Waals surface area contributed by atoms with Gasteiger partial charge in [-0.05, 0) is 29.7 Å². The van der Waals surface area contributed by atoms with Gasteiger partial charge in [-0.1, -0.05) is 38.3 Å². The second-order valence-corrected chi connectivity index (χ2v) is 4.73. The molecule has 1 aliphatic heterocycles. The third-order valence-electron chi connectivity index (χ3n) is 3.54. The summed E-state index contributed by atoms with van der Waals surface area (Å²) < 4.78 is 0. The summed E-state index contributed by atoms with van der Waals surface area (Å²) in [5.41, 5.74) is 2.69. The fraction of sp³-hybridized carbons (Fsp3) is 0.538. The molecule has 1 nitrogen and oxygen atoms in total. The van der Waals surface area contributed by atoms with Gasteiger partial charge in [0.05, 0.1) is 0 Å². The normalized spacial score (nSPS) is 19.1. The number of anilines is 1. The molecular weight excluding hydrogens is 206 g/mol. The van der Waals surface area contributed by atoms with E-state index in [0.29, 0.717) is 5.92 Å². The molecule has 15 heavy (non-hydrogen) atoms. The van der Waals surface area contributed by atoms with Crippen molar-refractivity contribution in [1.29, 1.82) is 0 Å². The van der Waals surface area contributed by atoms with Gasteiger partial charge in [-0.25, -0.2) is 0 Å². The van der Waals surface area contributed by atoms with Crippen LogP contribution in [0.3, 0.4) is 0 Å². The topological polar surface area (TPSA) is 12.0 Å². The molecule has 1 N–H and O–H groups in total. The second kappa shape index (κ2) is 4.44. The predicted molar refractivity (Wildman–Crippen MR) is 66.8 cm³/mol. The highest BCUT2D eigenvalue weighted by Crippen LogP contribution is 2.40. The molecule has 0 fully saturated rings. The van der Waals surface area contributed by atoms with Crippen LogP contribution >= 0.6 is 11.6 Å². The predicted octanol–water partition coefficient (Wildman–Crippen LogP) is 4.29. The molecule has 0 radical (unpaired) electrons. The molecule has 0 saturated heterocycles. The van der Waals surface area contributed by atoms with E-state index in [0.717, 1.165) is 17.5 Å². The third kappa shape index (κ3) is 1.98. The van der Waals surface area contributed by atoms with Crippen LogP contribution < -0.4 is 5.32 Å². The van der Waals surface area contributed by atoms with E-state index in [1.807, 2.05) is 6.07 Å². The summed E-state index contributed by atoms with van der Waals surface area (Å²) >= 11 is 6.05. The van der Waals surface area contributed by atoms with Crippen LogP contribution in [0.25, 0.3) is 0 Å². The molecule has 0 bridgehead atoms. The molecular formula is C13H18ClN. The van der Waals surface area contributed by atoms with Gasteiger partial charge >= 0.3 is 0 Å². The lowest BCUT2D eigenvalue weighted by molar-refractivity contribution is 0.418. The Hall–Kier alpha value is -0.690. The third-order valence-corrected chi connectivity index (χ3v) is 3.78. The lowest BCUT2D eigenvalue weighted by Gasteiger charge is -2.20. The Bertz CT molecular complexity index is 344. The highest BCUT2D eigenvalue weighted by atomic mass is 35.5. The maximum atomic E-state index is 6.05. The molecule has 2 heteroatoms. The maximum Gasteiger partial charge on any atom is 0.0410 e. The summed E-state index contributed by atoms with van der Waals surface area (Å²) in [6.07, 6.45) is 2.49. The van der Waals surface area contributed by atoms with Gasteiger partial charge in [0.1, 0.15) is 0 Å². The highest BCUT2D eigenvalue weighted by Gasteiger charge is 2.27. The van der Waals surface area contributed by atoms with Crippen LogP contribution in [0.5, 0.6) is 0 Å². The molecule has 0 aliphatic carbocycles. The molecule has 1 aliphatic rings. The van der Waals surface area contributed by atoms with Crippen molar-refractivity contribution < 1.29 is 0 Å². The average Bonchev–Trinajstić information content (AvgIpc) is 2.64. The molecule has 1 unspecified atom stereocenters. The zero-order valence-corrected chi connectivity index (χ0v) is 10.1.